The Kier molecular flexibility index (Phi) is 4.12. The first-order valence-corrected chi connectivity index (χ1v) is 11.0. The maximum atomic E-state index is 13.7. The van der Waals surface area contributed by atoms with Gasteiger partial charge in [-0.25, -0.2) is 0 Å². The number of nitrogens with zero attached hydrogens (tertiary/aromatic N) is 1. The summed E-state index contributed by atoms with van der Waals surface area (Å²) in [5.74, 6) is 0.688. The maximum Gasteiger partial charge on any atom is 0.306 e. The Morgan fingerprint density at radius 2 is 1.61 bits per heavy atom. The molecule has 4 aliphatic carbocycles. The molecule has 5 fully saturated rings. The number of carboxylic acid groups (broad SMARTS) is 1. The van der Waals surface area contributed by atoms with Crippen molar-refractivity contribution >= 4 is 11.9 Å². The average molecular weight is 382 g/mol. The minimum atomic E-state index is -0.708. The van der Waals surface area contributed by atoms with Crippen molar-refractivity contribution in [3.05, 3.63) is 35.4 Å². The van der Waals surface area contributed by atoms with Gasteiger partial charge < -0.3 is 10.0 Å². The lowest BCUT2D eigenvalue weighted by molar-refractivity contribution is -0.163. The molecule has 0 spiro atoms. The normalized spacial score (nSPS) is 37.2. The second kappa shape index (κ2) is 6.33. The van der Waals surface area contributed by atoms with Crippen molar-refractivity contribution in [1.82, 2.24) is 4.90 Å². The standard InChI is InChI=1S/C24H31NO3/c1-16-2-4-20(5-3-16)23-11-17-10-18(12-23)14-24(13-17,15-23)22(28)25-8-6-19(7-9-25)21(26)27/h2-5,17-19H,6-15H2,1H3,(H,26,27)/t17-,18-,23?,24?/m1/s1. The smallest absolute Gasteiger partial charge is 0.306 e. The van der Waals surface area contributed by atoms with Gasteiger partial charge in [0.15, 0.2) is 0 Å². The molecule has 1 saturated heterocycles. The summed E-state index contributed by atoms with van der Waals surface area (Å²) in [6, 6.07) is 9.05. The van der Waals surface area contributed by atoms with Gasteiger partial charge in [0.1, 0.15) is 0 Å². The number of benzene rings is 1. The van der Waals surface area contributed by atoms with Crippen molar-refractivity contribution in [3.63, 3.8) is 0 Å². The van der Waals surface area contributed by atoms with Crippen LogP contribution in [0, 0.1) is 30.1 Å². The predicted octanol–water partition coefficient (Wildman–Crippen LogP) is 4.16. The SMILES string of the molecule is Cc1ccc(C23C[C@H]4C[C@@H](CC(C(=O)N5CCC(C(=O)O)CC5)(C4)C2)C3)cc1. The van der Waals surface area contributed by atoms with Crippen LogP contribution in [0.25, 0.3) is 0 Å². The number of amides is 1. The first-order chi connectivity index (χ1) is 13.4. The van der Waals surface area contributed by atoms with Crippen LogP contribution in [0.15, 0.2) is 24.3 Å². The van der Waals surface area contributed by atoms with Crippen LogP contribution in [0.3, 0.4) is 0 Å². The molecule has 5 aliphatic rings. The van der Waals surface area contributed by atoms with Gasteiger partial charge in [0.2, 0.25) is 5.91 Å². The topological polar surface area (TPSA) is 57.6 Å². The van der Waals surface area contributed by atoms with Crippen molar-refractivity contribution in [3.8, 4) is 0 Å². The lowest BCUT2D eigenvalue weighted by Gasteiger charge is -2.62. The van der Waals surface area contributed by atoms with E-state index in [9.17, 15) is 14.7 Å². The number of aryl methyl sites for hydroxylation is 1. The first kappa shape index (κ1) is 18.2. The third kappa shape index (κ3) is 2.79. The summed E-state index contributed by atoms with van der Waals surface area (Å²) < 4.78 is 0. The minimum absolute atomic E-state index is 0.173. The van der Waals surface area contributed by atoms with E-state index in [0.717, 1.165) is 19.3 Å². The molecule has 28 heavy (non-hydrogen) atoms. The quantitative estimate of drug-likeness (QED) is 0.855. The van der Waals surface area contributed by atoms with Gasteiger partial charge >= 0.3 is 5.97 Å². The molecule has 4 heteroatoms. The molecule has 1 N–H and O–H groups in total. The van der Waals surface area contributed by atoms with Gasteiger partial charge in [-0.3, -0.25) is 9.59 Å². The molecule has 2 atom stereocenters. The highest BCUT2D eigenvalue weighted by Gasteiger charge is 2.61. The number of rotatable bonds is 3. The summed E-state index contributed by atoms with van der Waals surface area (Å²) in [5, 5.41) is 9.27. The molecular weight excluding hydrogens is 350 g/mol. The van der Waals surface area contributed by atoms with E-state index in [1.54, 1.807) is 0 Å². The Bertz CT molecular complexity index is 777. The fourth-order valence-electron chi connectivity index (χ4n) is 7.42. The zero-order valence-electron chi connectivity index (χ0n) is 16.8. The van der Waals surface area contributed by atoms with Gasteiger partial charge in [-0.05, 0) is 81.1 Å². The van der Waals surface area contributed by atoms with Gasteiger partial charge in [0, 0.05) is 13.1 Å². The molecule has 1 aliphatic heterocycles. The van der Waals surface area contributed by atoms with E-state index in [2.05, 4.69) is 31.2 Å². The van der Waals surface area contributed by atoms with Crippen molar-refractivity contribution in [2.75, 3.05) is 13.1 Å². The van der Waals surface area contributed by atoms with Gasteiger partial charge in [-0.15, -0.1) is 0 Å². The number of hydrogen-bond donors (Lipinski definition) is 1. The Hall–Kier alpha value is -1.84. The van der Waals surface area contributed by atoms with Gasteiger partial charge in [-0.1, -0.05) is 29.8 Å². The summed E-state index contributed by atoms with van der Waals surface area (Å²) >= 11 is 0. The lowest BCUT2D eigenvalue weighted by atomic mass is 9.42. The number of carbonyl (C=O) groups is 2. The van der Waals surface area contributed by atoms with E-state index >= 15 is 0 Å². The van der Waals surface area contributed by atoms with Crippen molar-refractivity contribution < 1.29 is 14.7 Å². The number of likely N-dealkylation sites (tertiary alicyclic amines) is 1. The summed E-state index contributed by atoms with van der Waals surface area (Å²) in [5.41, 5.74) is 2.70. The van der Waals surface area contributed by atoms with Crippen molar-refractivity contribution in [2.24, 2.45) is 23.2 Å². The van der Waals surface area contributed by atoms with Crippen molar-refractivity contribution in [1.29, 1.82) is 0 Å². The Balaban J connectivity index is 1.41. The van der Waals surface area contributed by atoms with Gasteiger partial charge in [0.05, 0.1) is 11.3 Å². The molecule has 4 saturated carbocycles. The van der Waals surface area contributed by atoms with Crippen LogP contribution >= 0.6 is 0 Å². The Morgan fingerprint density at radius 1 is 1.00 bits per heavy atom. The second-order valence-corrected chi connectivity index (χ2v) is 10.3. The molecule has 0 aromatic heterocycles. The molecular formula is C24H31NO3. The summed E-state index contributed by atoms with van der Waals surface area (Å²) in [6.45, 7) is 3.37. The van der Waals surface area contributed by atoms with Crippen LogP contribution in [0.5, 0.6) is 0 Å². The third-order valence-electron chi connectivity index (χ3n) is 8.31. The molecule has 150 valence electrons. The summed E-state index contributed by atoms with van der Waals surface area (Å²) in [7, 11) is 0. The molecule has 0 radical (unpaired) electrons. The number of aliphatic carboxylic acids is 1. The zero-order valence-corrected chi connectivity index (χ0v) is 16.8. The van der Waals surface area contributed by atoms with Crippen molar-refractivity contribution in [2.45, 2.75) is 63.7 Å². The lowest BCUT2D eigenvalue weighted by Crippen LogP contribution is -2.60. The zero-order chi connectivity index (χ0) is 19.5. The van der Waals surface area contributed by atoms with E-state index in [-0.39, 0.29) is 16.7 Å². The Labute approximate surface area is 167 Å². The molecule has 1 aromatic rings. The average Bonchev–Trinajstić information content (AvgIpc) is 2.67. The number of carbonyl (C=O) groups excluding carboxylic acids is 1. The minimum Gasteiger partial charge on any atom is -0.481 e. The number of hydrogen-bond acceptors (Lipinski definition) is 2. The van der Waals surface area contributed by atoms with Gasteiger partial charge in [-0.2, -0.15) is 0 Å². The maximum absolute atomic E-state index is 13.7. The summed E-state index contributed by atoms with van der Waals surface area (Å²) in [4.78, 5) is 27.0. The molecule has 1 amide bonds. The van der Waals surface area contributed by atoms with E-state index in [1.807, 2.05) is 4.90 Å². The Morgan fingerprint density at radius 3 is 2.18 bits per heavy atom. The fourth-order valence-corrected chi connectivity index (χ4v) is 7.42. The molecule has 4 nitrogen and oxygen atoms in total. The fraction of sp³-hybridized carbons (Fsp3) is 0.667. The van der Waals surface area contributed by atoms with E-state index in [4.69, 9.17) is 0 Å². The first-order valence-electron chi connectivity index (χ1n) is 11.0. The number of piperidine rings is 1. The molecule has 0 unspecified atom stereocenters. The predicted molar refractivity (Wildman–Crippen MR) is 107 cm³/mol. The van der Waals surface area contributed by atoms with E-state index < -0.39 is 5.97 Å². The van der Waals surface area contributed by atoms with Crippen LogP contribution in [0.1, 0.15) is 62.5 Å². The summed E-state index contributed by atoms with van der Waals surface area (Å²) in [6.07, 6.45) is 8.08. The van der Waals surface area contributed by atoms with Crippen LogP contribution in [-0.4, -0.2) is 35.0 Å². The largest absolute Gasteiger partial charge is 0.481 e. The van der Waals surface area contributed by atoms with Gasteiger partial charge in [0.25, 0.3) is 0 Å². The highest BCUT2D eigenvalue weighted by atomic mass is 16.4. The second-order valence-electron chi connectivity index (χ2n) is 10.3. The molecule has 6 rings (SSSR count). The van der Waals surface area contributed by atoms with Crippen LogP contribution in [0.2, 0.25) is 0 Å². The number of carboxylic acids is 1. The highest BCUT2D eigenvalue weighted by molar-refractivity contribution is 5.84. The van der Waals surface area contributed by atoms with Crippen LogP contribution < -0.4 is 0 Å². The highest BCUT2D eigenvalue weighted by Crippen LogP contribution is 2.66. The van der Waals surface area contributed by atoms with Crippen LogP contribution in [0.4, 0.5) is 0 Å². The van der Waals surface area contributed by atoms with E-state index in [0.29, 0.717) is 43.7 Å². The van der Waals surface area contributed by atoms with E-state index in [1.165, 1.54) is 30.4 Å². The third-order valence-corrected chi connectivity index (χ3v) is 8.31. The van der Waals surface area contributed by atoms with Crippen LogP contribution in [-0.2, 0) is 15.0 Å². The molecule has 4 bridgehead atoms. The molecule has 1 heterocycles. The molecule has 1 aromatic carbocycles. The monoisotopic (exact) mass is 381 g/mol.